The van der Waals surface area contributed by atoms with Crippen LogP contribution in [0.15, 0.2) is 24.3 Å². The van der Waals surface area contributed by atoms with Crippen molar-refractivity contribution in [2.24, 2.45) is 0 Å². The Labute approximate surface area is 219 Å². The van der Waals surface area contributed by atoms with Crippen molar-refractivity contribution in [2.45, 2.75) is 78.1 Å². The van der Waals surface area contributed by atoms with Crippen LogP contribution in [0.2, 0.25) is 0 Å². The standard InChI is InChI=1S/C24H34O6P2S3/c1-3-5-7-9-11-17-15-21(31(25,26)27)34-23(17)19-13-14-20(33-19)24-18(12-10-8-6-4-2)16-22(35-24)32(28,29)30/h13-16H,3-12H2,1-2H3,(H2,25,26,27)(H2,28,29,30). The van der Waals surface area contributed by atoms with E-state index in [0.717, 1.165) is 118 Å². The number of thiophene rings is 3. The van der Waals surface area contributed by atoms with Crippen molar-refractivity contribution in [1.29, 1.82) is 0 Å². The van der Waals surface area contributed by atoms with Crippen LogP contribution in [-0.4, -0.2) is 19.6 Å². The van der Waals surface area contributed by atoms with Crippen LogP contribution in [0, 0.1) is 0 Å². The second-order valence-corrected chi connectivity index (χ2v) is 15.7. The van der Waals surface area contributed by atoms with Gasteiger partial charge >= 0.3 is 15.2 Å². The maximum atomic E-state index is 12.0. The zero-order chi connectivity index (χ0) is 25.6. The molecule has 0 aliphatic heterocycles. The largest absolute Gasteiger partial charge is 0.366 e. The van der Waals surface area contributed by atoms with Crippen LogP contribution in [0.4, 0.5) is 0 Å². The fourth-order valence-corrected chi connectivity index (χ4v) is 9.32. The molecule has 0 radical (unpaired) electrons. The number of hydrogen-bond donors (Lipinski definition) is 4. The maximum Gasteiger partial charge on any atom is 0.366 e. The molecule has 6 nitrogen and oxygen atoms in total. The Morgan fingerprint density at radius 3 is 1.37 bits per heavy atom. The second kappa shape index (κ2) is 12.8. The Morgan fingerprint density at radius 2 is 1.03 bits per heavy atom. The first-order valence-corrected chi connectivity index (χ1v) is 17.7. The van der Waals surface area contributed by atoms with E-state index in [-0.39, 0.29) is 9.24 Å². The van der Waals surface area contributed by atoms with Crippen LogP contribution in [0.5, 0.6) is 0 Å². The normalized spacial score (nSPS) is 12.5. The van der Waals surface area contributed by atoms with Crippen molar-refractivity contribution in [3.05, 3.63) is 35.4 Å². The van der Waals surface area contributed by atoms with E-state index in [1.807, 2.05) is 12.1 Å². The number of rotatable bonds is 14. The van der Waals surface area contributed by atoms with E-state index < -0.39 is 15.2 Å². The topological polar surface area (TPSA) is 115 Å². The fourth-order valence-electron chi connectivity index (χ4n) is 3.97. The van der Waals surface area contributed by atoms with Crippen LogP contribution in [0.1, 0.15) is 76.3 Å². The fraction of sp³-hybridized carbons (Fsp3) is 0.500. The van der Waals surface area contributed by atoms with Crippen molar-refractivity contribution in [1.82, 2.24) is 0 Å². The molecule has 0 amide bonds. The van der Waals surface area contributed by atoms with Crippen molar-refractivity contribution < 1.29 is 28.7 Å². The molecule has 3 rings (SSSR count). The van der Waals surface area contributed by atoms with Gasteiger partial charge in [-0.15, -0.1) is 34.0 Å². The molecular formula is C24H34O6P2S3. The third kappa shape index (κ3) is 7.94. The summed E-state index contributed by atoms with van der Waals surface area (Å²) in [7, 11) is -8.69. The summed E-state index contributed by atoms with van der Waals surface area (Å²) in [6.45, 7) is 4.30. The predicted molar refractivity (Wildman–Crippen MR) is 150 cm³/mol. The van der Waals surface area contributed by atoms with E-state index in [4.69, 9.17) is 0 Å². The Morgan fingerprint density at radius 1 is 0.629 bits per heavy atom. The molecule has 0 bridgehead atoms. The second-order valence-electron chi connectivity index (χ2n) is 8.75. The van der Waals surface area contributed by atoms with Crippen LogP contribution < -0.4 is 9.24 Å². The van der Waals surface area contributed by atoms with Gasteiger partial charge in [-0.25, -0.2) is 0 Å². The van der Waals surface area contributed by atoms with Gasteiger partial charge in [0.05, 0.1) is 0 Å². The molecule has 0 fully saturated rings. The summed E-state index contributed by atoms with van der Waals surface area (Å²) in [5.74, 6) is 0. The molecule has 194 valence electrons. The van der Waals surface area contributed by atoms with Crippen LogP contribution in [-0.2, 0) is 22.0 Å². The minimum atomic E-state index is -4.34. The van der Waals surface area contributed by atoms with Gasteiger partial charge in [-0.1, -0.05) is 52.4 Å². The number of hydrogen-bond acceptors (Lipinski definition) is 5. The molecule has 3 aromatic heterocycles. The van der Waals surface area contributed by atoms with Crippen LogP contribution in [0.25, 0.3) is 19.5 Å². The Hall–Kier alpha value is -0.600. The van der Waals surface area contributed by atoms with E-state index in [2.05, 4.69) is 13.8 Å². The maximum absolute atomic E-state index is 12.0. The quantitative estimate of drug-likeness (QED) is 0.121. The number of aryl methyl sites for hydroxylation is 2. The highest BCUT2D eigenvalue weighted by Crippen LogP contribution is 2.47. The first kappa shape index (κ1) is 29.0. The molecule has 0 atom stereocenters. The van der Waals surface area contributed by atoms with Gasteiger partial charge in [0.1, 0.15) is 9.24 Å². The van der Waals surface area contributed by atoms with Gasteiger partial charge in [0.15, 0.2) is 0 Å². The summed E-state index contributed by atoms with van der Waals surface area (Å²) in [5, 5.41) is 0. The summed E-state index contributed by atoms with van der Waals surface area (Å²) >= 11 is 3.82. The highest BCUT2D eigenvalue weighted by molar-refractivity contribution is 7.68. The zero-order valence-electron chi connectivity index (χ0n) is 20.1. The molecule has 0 aliphatic rings. The molecule has 0 saturated carbocycles. The SMILES string of the molecule is CCCCCCc1cc(P(=O)(O)O)sc1-c1ccc(-c2sc(P(=O)(O)O)cc2CCCCCC)s1. The summed E-state index contributed by atoms with van der Waals surface area (Å²) in [6, 6.07) is 7.23. The lowest BCUT2D eigenvalue weighted by atomic mass is 10.1. The van der Waals surface area contributed by atoms with Crippen molar-refractivity contribution in [3.63, 3.8) is 0 Å². The molecule has 35 heavy (non-hydrogen) atoms. The summed E-state index contributed by atoms with van der Waals surface area (Å²) in [4.78, 5) is 42.6. The Balaban J connectivity index is 1.95. The molecule has 0 saturated heterocycles. The van der Waals surface area contributed by atoms with Gasteiger partial charge in [0.25, 0.3) is 0 Å². The van der Waals surface area contributed by atoms with Gasteiger partial charge in [-0.05, 0) is 61.1 Å². The third-order valence-corrected chi connectivity index (χ3v) is 12.6. The number of unbranched alkanes of at least 4 members (excludes halogenated alkanes) is 6. The highest BCUT2D eigenvalue weighted by atomic mass is 32.1. The molecule has 3 heterocycles. The molecule has 0 aromatic carbocycles. The Bertz CT molecular complexity index is 1110. The van der Waals surface area contributed by atoms with Gasteiger partial charge in [0.2, 0.25) is 0 Å². The first-order valence-electron chi connectivity index (χ1n) is 12.0. The first-order chi connectivity index (χ1) is 16.5. The van der Waals surface area contributed by atoms with E-state index in [1.54, 1.807) is 12.1 Å². The molecule has 4 N–H and O–H groups in total. The van der Waals surface area contributed by atoms with Crippen LogP contribution >= 0.6 is 49.2 Å². The molecular weight excluding hydrogens is 542 g/mol. The lowest BCUT2D eigenvalue weighted by Crippen LogP contribution is -1.96. The minimum Gasteiger partial charge on any atom is -0.320 e. The van der Waals surface area contributed by atoms with E-state index in [9.17, 15) is 28.7 Å². The monoisotopic (exact) mass is 576 g/mol. The average molecular weight is 577 g/mol. The van der Waals surface area contributed by atoms with Crippen molar-refractivity contribution in [3.8, 4) is 19.5 Å². The lowest BCUT2D eigenvalue weighted by Gasteiger charge is -2.03. The highest BCUT2D eigenvalue weighted by Gasteiger charge is 2.26. The zero-order valence-corrected chi connectivity index (χ0v) is 24.3. The molecule has 0 spiro atoms. The summed E-state index contributed by atoms with van der Waals surface area (Å²) in [6.07, 6.45) is 10.1. The van der Waals surface area contributed by atoms with Gasteiger partial charge in [-0.3, -0.25) is 9.13 Å². The summed E-state index contributed by atoms with van der Waals surface area (Å²) < 4.78 is 24.1. The van der Waals surface area contributed by atoms with Gasteiger partial charge in [0, 0.05) is 19.5 Å². The molecule has 3 aromatic rings. The van der Waals surface area contributed by atoms with Gasteiger partial charge < -0.3 is 19.6 Å². The molecule has 0 unspecified atom stereocenters. The lowest BCUT2D eigenvalue weighted by molar-refractivity contribution is 0.386. The van der Waals surface area contributed by atoms with Crippen molar-refractivity contribution in [2.75, 3.05) is 0 Å². The molecule has 0 aliphatic carbocycles. The smallest absolute Gasteiger partial charge is 0.320 e. The van der Waals surface area contributed by atoms with E-state index in [1.165, 1.54) is 11.3 Å². The predicted octanol–water partition coefficient (Wildman–Crippen LogP) is 7.06. The average Bonchev–Trinajstić information content (AvgIpc) is 3.51. The molecule has 11 heteroatoms. The van der Waals surface area contributed by atoms with Crippen LogP contribution in [0.3, 0.4) is 0 Å². The minimum absolute atomic E-state index is 0.0875. The van der Waals surface area contributed by atoms with Crippen molar-refractivity contribution >= 4 is 58.4 Å². The summed E-state index contributed by atoms with van der Waals surface area (Å²) in [5.41, 5.74) is 1.92. The third-order valence-electron chi connectivity index (χ3n) is 5.82. The van der Waals surface area contributed by atoms with Gasteiger partial charge in [-0.2, -0.15) is 0 Å². The van der Waals surface area contributed by atoms with E-state index in [0.29, 0.717) is 0 Å². The Kier molecular flexibility index (Phi) is 10.6. The van der Waals surface area contributed by atoms with E-state index >= 15 is 0 Å².